The first-order chi connectivity index (χ1) is 10.7. The molecule has 1 heterocycles. The van der Waals surface area contributed by atoms with Gasteiger partial charge in [-0.15, -0.1) is 6.42 Å². The number of carbonyl (C=O) groups is 3. The Morgan fingerprint density at radius 1 is 1.43 bits per heavy atom. The van der Waals surface area contributed by atoms with Crippen LogP contribution in [0.3, 0.4) is 0 Å². The summed E-state index contributed by atoms with van der Waals surface area (Å²) >= 11 is 0. The molecule has 1 saturated carbocycles. The normalized spacial score (nSPS) is 28.0. The molecule has 0 spiro atoms. The van der Waals surface area contributed by atoms with Crippen LogP contribution in [0.25, 0.3) is 0 Å². The summed E-state index contributed by atoms with van der Waals surface area (Å²) in [6.07, 6.45) is 7.27. The average molecular weight is 318 g/mol. The first kappa shape index (κ1) is 17.1. The zero-order valence-electron chi connectivity index (χ0n) is 13.9. The van der Waals surface area contributed by atoms with Gasteiger partial charge in [-0.1, -0.05) is 31.4 Å². The lowest BCUT2D eigenvalue weighted by atomic mass is 10.1. The Hall–Kier alpha value is -2.29. The molecule has 2 rings (SSSR count). The number of imide groups is 1. The first-order valence-electron chi connectivity index (χ1n) is 7.56. The van der Waals surface area contributed by atoms with Crippen LogP contribution in [0.4, 0.5) is 4.79 Å². The number of terminal acetylenes is 1. The minimum Gasteiger partial charge on any atom is -0.463 e. The Morgan fingerprint density at radius 2 is 2.09 bits per heavy atom. The van der Waals surface area contributed by atoms with Gasteiger partial charge >= 0.3 is 12.0 Å². The molecule has 2 fully saturated rings. The third kappa shape index (κ3) is 3.24. The minimum absolute atomic E-state index is 0.00486. The molecule has 124 valence electrons. The molecule has 3 atom stereocenters. The van der Waals surface area contributed by atoms with Crippen LogP contribution in [-0.2, 0) is 14.3 Å². The predicted molar refractivity (Wildman–Crippen MR) is 84.0 cm³/mol. The van der Waals surface area contributed by atoms with Crippen LogP contribution in [-0.4, -0.2) is 42.0 Å². The molecule has 2 aliphatic rings. The topological polar surface area (TPSA) is 75.7 Å². The van der Waals surface area contributed by atoms with Gasteiger partial charge in [-0.2, -0.15) is 0 Å². The maximum Gasteiger partial charge on any atom is 0.325 e. The lowest BCUT2D eigenvalue weighted by molar-refractivity contribution is -0.148. The van der Waals surface area contributed by atoms with E-state index in [1.54, 1.807) is 0 Å². The zero-order chi connectivity index (χ0) is 17.4. The fourth-order valence-electron chi connectivity index (χ4n) is 3.04. The smallest absolute Gasteiger partial charge is 0.325 e. The van der Waals surface area contributed by atoms with E-state index < -0.39 is 18.0 Å². The summed E-state index contributed by atoms with van der Waals surface area (Å²) < 4.78 is 5.30. The molecule has 3 amide bonds. The van der Waals surface area contributed by atoms with E-state index in [0.717, 1.165) is 5.57 Å². The lowest BCUT2D eigenvalue weighted by Gasteiger charge is -2.19. The molecule has 1 aliphatic carbocycles. The minimum atomic E-state index is -0.855. The van der Waals surface area contributed by atoms with Crippen molar-refractivity contribution in [2.24, 2.45) is 17.3 Å². The summed E-state index contributed by atoms with van der Waals surface area (Å²) in [5, 5.41) is 2.17. The summed E-state index contributed by atoms with van der Waals surface area (Å²) in [4.78, 5) is 36.9. The van der Waals surface area contributed by atoms with Crippen molar-refractivity contribution >= 4 is 17.9 Å². The molecule has 6 heteroatoms. The second kappa shape index (κ2) is 6.07. The highest BCUT2D eigenvalue weighted by atomic mass is 16.5. The van der Waals surface area contributed by atoms with Gasteiger partial charge in [0.2, 0.25) is 0 Å². The second-order valence-corrected chi connectivity index (χ2v) is 6.84. The van der Waals surface area contributed by atoms with Gasteiger partial charge < -0.3 is 4.74 Å². The molecule has 0 aromatic carbocycles. The third-order valence-corrected chi connectivity index (χ3v) is 4.49. The van der Waals surface area contributed by atoms with Crippen molar-refractivity contribution in [3.05, 3.63) is 11.6 Å². The number of nitrogens with one attached hydrogen (secondary N) is 1. The Kier molecular flexibility index (Phi) is 4.51. The van der Waals surface area contributed by atoms with E-state index in [2.05, 4.69) is 17.3 Å². The molecule has 0 radical (unpaired) electrons. The van der Waals surface area contributed by atoms with Crippen LogP contribution in [0, 0.1) is 29.6 Å². The Bertz CT molecular complexity index is 611. The lowest BCUT2D eigenvalue weighted by Crippen LogP contribution is -2.39. The predicted octanol–water partition coefficient (Wildman–Crippen LogP) is 1.32. The number of carbonyl (C=O) groups excluding carboxylic acids is 3. The zero-order valence-corrected chi connectivity index (χ0v) is 13.9. The molecule has 6 nitrogen and oxygen atoms in total. The largest absolute Gasteiger partial charge is 0.463 e. The summed E-state index contributed by atoms with van der Waals surface area (Å²) in [6.45, 7) is 7.83. The summed E-state index contributed by atoms with van der Waals surface area (Å²) in [5.41, 5.74) is 1.000. The van der Waals surface area contributed by atoms with Gasteiger partial charge in [0.15, 0.2) is 0 Å². The Balaban J connectivity index is 1.97. The number of ether oxygens (including phenoxy) is 1. The standard InChI is InChI=1S/C17H22N2O4/c1-6-7-19-12(14(20)18-16(19)22)9-23-15(21)13-11(8-10(2)3)17(13,4)5/h1,8,11-13H,7,9H2,2-5H3,(H,18,20,22). The van der Waals surface area contributed by atoms with Crippen LogP contribution in [0.5, 0.6) is 0 Å². The maximum absolute atomic E-state index is 12.3. The molecule has 1 aliphatic heterocycles. The Labute approximate surface area is 136 Å². The number of amides is 3. The quantitative estimate of drug-likeness (QED) is 0.359. The molecular weight excluding hydrogens is 296 g/mol. The van der Waals surface area contributed by atoms with E-state index in [4.69, 9.17) is 11.2 Å². The van der Waals surface area contributed by atoms with Crippen molar-refractivity contribution in [2.45, 2.75) is 33.7 Å². The second-order valence-electron chi connectivity index (χ2n) is 6.84. The van der Waals surface area contributed by atoms with Crippen molar-refractivity contribution in [2.75, 3.05) is 13.2 Å². The first-order valence-corrected chi connectivity index (χ1v) is 7.56. The number of nitrogens with zero attached hydrogens (tertiary/aromatic N) is 1. The van der Waals surface area contributed by atoms with Crippen LogP contribution < -0.4 is 5.32 Å². The van der Waals surface area contributed by atoms with Crippen LogP contribution in [0.1, 0.15) is 27.7 Å². The van der Waals surface area contributed by atoms with E-state index in [9.17, 15) is 14.4 Å². The average Bonchev–Trinajstić information content (AvgIpc) is 2.84. The highest BCUT2D eigenvalue weighted by Gasteiger charge is 2.61. The van der Waals surface area contributed by atoms with Crippen LogP contribution >= 0.6 is 0 Å². The van der Waals surface area contributed by atoms with Crippen molar-refractivity contribution in [3.63, 3.8) is 0 Å². The third-order valence-electron chi connectivity index (χ3n) is 4.49. The SMILES string of the molecule is C#CCN1C(=O)NC(=O)C1COC(=O)C1C(C=C(C)C)C1(C)C. The van der Waals surface area contributed by atoms with Crippen LogP contribution in [0.15, 0.2) is 11.6 Å². The molecule has 23 heavy (non-hydrogen) atoms. The fraction of sp³-hybridized carbons (Fsp3) is 0.588. The van der Waals surface area contributed by atoms with Gasteiger partial charge in [0.25, 0.3) is 5.91 Å². The molecule has 0 aromatic rings. The number of urea groups is 1. The summed E-state index contributed by atoms with van der Waals surface area (Å²) in [5.74, 6) is 1.40. The molecular formula is C17H22N2O4. The van der Waals surface area contributed by atoms with Gasteiger partial charge in [-0.3, -0.25) is 19.8 Å². The molecule has 1 N–H and O–H groups in total. The summed E-state index contributed by atoms with van der Waals surface area (Å²) in [6, 6.07) is -1.41. The maximum atomic E-state index is 12.3. The van der Waals surface area contributed by atoms with Gasteiger partial charge in [0, 0.05) is 0 Å². The number of esters is 1. The van der Waals surface area contributed by atoms with Crippen molar-refractivity contribution in [1.82, 2.24) is 10.2 Å². The van der Waals surface area contributed by atoms with E-state index in [0.29, 0.717) is 0 Å². The van der Waals surface area contributed by atoms with E-state index in [-0.39, 0.29) is 36.4 Å². The monoisotopic (exact) mass is 318 g/mol. The highest BCUT2D eigenvalue weighted by Crippen LogP contribution is 2.59. The number of hydrogen-bond acceptors (Lipinski definition) is 4. The van der Waals surface area contributed by atoms with Crippen molar-refractivity contribution in [3.8, 4) is 12.3 Å². The highest BCUT2D eigenvalue weighted by molar-refractivity contribution is 6.04. The fourth-order valence-corrected chi connectivity index (χ4v) is 3.04. The molecule has 3 unspecified atom stereocenters. The van der Waals surface area contributed by atoms with Gasteiger partial charge in [0.05, 0.1) is 12.5 Å². The number of hydrogen-bond donors (Lipinski definition) is 1. The number of rotatable bonds is 5. The van der Waals surface area contributed by atoms with E-state index in [1.807, 2.05) is 27.7 Å². The molecule has 1 saturated heterocycles. The van der Waals surface area contributed by atoms with Crippen molar-refractivity contribution in [1.29, 1.82) is 0 Å². The number of allylic oxidation sites excluding steroid dienone is 2. The van der Waals surface area contributed by atoms with Gasteiger partial charge in [0.1, 0.15) is 12.6 Å². The van der Waals surface area contributed by atoms with Gasteiger partial charge in [-0.05, 0) is 25.2 Å². The van der Waals surface area contributed by atoms with Gasteiger partial charge in [-0.25, -0.2) is 4.79 Å². The molecule has 0 bridgehead atoms. The van der Waals surface area contributed by atoms with Crippen molar-refractivity contribution < 1.29 is 19.1 Å². The molecule has 0 aromatic heterocycles. The van der Waals surface area contributed by atoms with E-state index in [1.165, 1.54) is 4.90 Å². The van der Waals surface area contributed by atoms with E-state index >= 15 is 0 Å². The Morgan fingerprint density at radius 3 is 2.65 bits per heavy atom. The summed E-state index contributed by atoms with van der Waals surface area (Å²) in [7, 11) is 0. The van der Waals surface area contributed by atoms with Crippen LogP contribution in [0.2, 0.25) is 0 Å².